The summed E-state index contributed by atoms with van der Waals surface area (Å²) < 4.78 is 13.7. The van der Waals surface area contributed by atoms with Crippen LogP contribution in [0.25, 0.3) is 0 Å². The summed E-state index contributed by atoms with van der Waals surface area (Å²) in [7, 11) is 0. The third kappa shape index (κ3) is 2.06. The molecular formula is C12H12FN3. The standard InChI is InChI=1S/C12H12FN3/c1-8-2-3-10(11(13)4-8)12(14)9-5-15-7-16-6-9/h2-7,12H,14H2,1H3. The molecule has 0 radical (unpaired) electrons. The van der Waals surface area contributed by atoms with Crippen molar-refractivity contribution in [3.63, 3.8) is 0 Å². The Hall–Kier alpha value is -1.81. The summed E-state index contributed by atoms with van der Waals surface area (Å²) in [6.07, 6.45) is 4.61. The summed E-state index contributed by atoms with van der Waals surface area (Å²) in [4.78, 5) is 7.73. The third-order valence-corrected chi connectivity index (χ3v) is 2.43. The van der Waals surface area contributed by atoms with E-state index in [9.17, 15) is 4.39 Å². The lowest BCUT2D eigenvalue weighted by Crippen LogP contribution is -2.14. The number of nitrogens with two attached hydrogens (primary N) is 1. The molecule has 0 saturated carbocycles. The van der Waals surface area contributed by atoms with E-state index < -0.39 is 6.04 Å². The zero-order valence-corrected chi connectivity index (χ0v) is 8.89. The minimum atomic E-state index is -0.526. The molecule has 0 amide bonds. The van der Waals surface area contributed by atoms with Gasteiger partial charge in [0.05, 0.1) is 6.04 Å². The predicted octanol–water partition coefficient (Wildman–Crippen LogP) is 1.97. The van der Waals surface area contributed by atoms with Crippen molar-refractivity contribution in [1.82, 2.24) is 9.97 Å². The lowest BCUT2D eigenvalue weighted by molar-refractivity contribution is 0.598. The van der Waals surface area contributed by atoms with Gasteiger partial charge in [-0.15, -0.1) is 0 Å². The van der Waals surface area contributed by atoms with Crippen LogP contribution in [0.2, 0.25) is 0 Å². The Morgan fingerprint density at radius 3 is 2.56 bits per heavy atom. The molecule has 0 saturated heterocycles. The number of hydrogen-bond donors (Lipinski definition) is 1. The quantitative estimate of drug-likeness (QED) is 0.836. The van der Waals surface area contributed by atoms with Gasteiger partial charge in [-0.05, 0) is 18.6 Å². The van der Waals surface area contributed by atoms with Gasteiger partial charge in [-0.2, -0.15) is 0 Å². The molecule has 2 aromatic rings. The fourth-order valence-corrected chi connectivity index (χ4v) is 1.54. The summed E-state index contributed by atoms with van der Waals surface area (Å²) in [5.41, 5.74) is 7.98. The molecule has 1 unspecified atom stereocenters. The summed E-state index contributed by atoms with van der Waals surface area (Å²) in [6.45, 7) is 1.84. The van der Waals surface area contributed by atoms with E-state index in [0.29, 0.717) is 11.1 Å². The first-order chi connectivity index (χ1) is 7.68. The normalized spacial score (nSPS) is 12.4. The van der Waals surface area contributed by atoms with Gasteiger partial charge in [-0.25, -0.2) is 14.4 Å². The molecule has 0 bridgehead atoms. The Labute approximate surface area is 93.2 Å². The van der Waals surface area contributed by atoms with Crippen molar-refractivity contribution >= 4 is 0 Å². The van der Waals surface area contributed by atoms with Crippen LogP contribution in [-0.2, 0) is 0 Å². The maximum absolute atomic E-state index is 13.7. The van der Waals surface area contributed by atoms with Crippen LogP contribution in [0.5, 0.6) is 0 Å². The second-order valence-corrected chi connectivity index (χ2v) is 3.67. The first-order valence-corrected chi connectivity index (χ1v) is 4.95. The van der Waals surface area contributed by atoms with Crippen LogP contribution in [0.1, 0.15) is 22.7 Å². The average molecular weight is 217 g/mol. The lowest BCUT2D eigenvalue weighted by atomic mass is 10.0. The molecule has 0 aliphatic heterocycles. The number of aromatic nitrogens is 2. The predicted molar refractivity (Wildman–Crippen MR) is 59.2 cm³/mol. The monoisotopic (exact) mass is 217 g/mol. The number of rotatable bonds is 2. The van der Waals surface area contributed by atoms with Crippen LogP contribution in [0.4, 0.5) is 4.39 Å². The van der Waals surface area contributed by atoms with Crippen LogP contribution >= 0.6 is 0 Å². The maximum Gasteiger partial charge on any atom is 0.128 e. The second kappa shape index (κ2) is 4.37. The van der Waals surface area contributed by atoms with Crippen molar-refractivity contribution < 1.29 is 4.39 Å². The van der Waals surface area contributed by atoms with Crippen LogP contribution < -0.4 is 5.73 Å². The molecule has 82 valence electrons. The van der Waals surface area contributed by atoms with Gasteiger partial charge in [0.1, 0.15) is 12.1 Å². The van der Waals surface area contributed by atoms with E-state index in [-0.39, 0.29) is 5.82 Å². The van der Waals surface area contributed by atoms with Crippen LogP contribution in [0.15, 0.2) is 36.9 Å². The smallest absolute Gasteiger partial charge is 0.128 e. The van der Waals surface area contributed by atoms with Gasteiger partial charge in [0.2, 0.25) is 0 Å². The number of nitrogens with zero attached hydrogens (tertiary/aromatic N) is 2. The van der Waals surface area contributed by atoms with Crippen molar-refractivity contribution in [3.8, 4) is 0 Å². The summed E-state index contributed by atoms with van der Waals surface area (Å²) in [5, 5.41) is 0. The summed E-state index contributed by atoms with van der Waals surface area (Å²) in [6, 6.07) is 4.48. The molecule has 1 aromatic heterocycles. The highest BCUT2D eigenvalue weighted by Crippen LogP contribution is 2.21. The van der Waals surface area contributed by atoms with E-state index in [1.54, 1.807) is 18.5 Å². The molecule has 4 heteroatoms. The van der Waals surface area contributed by atoms with Crippen molar-refractivity contribution in [2.75, 3.05) is 0 Å². The maximum atomic E-state index is 13.7. The number of halogens is 1. The van der Waals surface area contributed by atoms with Crippen molar-refractivity contribution in [2.24, 2.45) is 5.73 Å². The molecule has 0 fully saturated rings. The molecule has 0 aliphatic rings. The van der Waals surface area contributed by atoms with E-state index in [1.807, 2.05) is 13.0 Å². The van der Waals surface area contributed by atoms with E-state index in [2.05, 4.69) is 9.97 Å². The Bertz CT molecular complexity index is 485. The second-order valence-electron chi connectivity index (χ2n) is 3.67. The van der Waals surface area contributed by atoms with Crippen LogP contribution in [-0.4, -0.2) is 9.97 Å². The van der Waals surface area contributed by atoms with E-state index in [1.165, 1.54) is 12.4 Å². The van der Waals surface area contributed by atoms with Crippen molar-refractivity contribution in [1.29, 1.82) is 0 Å². The number of benzene rings is 1. The molecule has 1 aromatic carbocycles. The Balaban J connectivity index is 2.38. The van der Waals surface area contributed by atoms with Gasteiger partial charge in [0, 0.05) is 23.5 Å². The molecule has 16 heavy (non-hydrogen) atoms. The summed E-state index contributed by atoms with van der Waals surface area (Å²) >= 11 is 0. The van der Waals surface area contributed by atoms with Crippen LogP contribution in [0.3, 0.4) is 0 Å². The third-order valence-electron chi connectivity index (χ3n) is 2.43. The van der Waals surface area contributed by atoms with Gasteiger partial charge in [0.15, 0.2) is 0 Å². The molecule has 1 atom stereocenters. The Kier molecular flexibility index (Phi) is 2.92. The van der Waals surface area contributed by atoms with Crippen molar-refractivity contribution in [2.45, 2.75) is 13.0 Å². The van der Waals surface area contributed by atoms with E-state index >= 15 is 0 Å². The van der Waals surface area contributed by atoms with E-state index in [4.69, 9.17) is 5.73 Å². The SMILES string of the molecule is Cc1ccc(C(N)c2cncnc2)c(F)c1. The zero-order valence-electron chi connectivity index (χ0n) is 8.89. The minimum Gasteiger partial charge on any atom is -0.320 e. The van der Waals surface area contributed by atoms with E-state index in [0.717, 1.165) is 5.56 Å². The van der Waals surface area contributed by atoms with Gasteiger partial charge >= 0.3 is 0 Å². The molecule has 2 N–H and O–H groups in total. The molecule has 0 spiro atoms. The van der Waals surface area contributed by atoms with Crippen molar-refractivity contribution in [3.05, 3.63) is 59.4 Å². The fourth-order valence-electron chi connectivity index (χ4n) is 1.54. The highest BCUT2D eigenvalue weighted by molar-refractivity contribution is 5.31. The highest BCUT2D eigenvalue weighted by Gasteiger charge is 2.13. The lowest BCUT2D eigenvalue weighted by Gasteiger charge is -2.12. The van der Waals surface area contributed by atoms with Gasteiger partial charge in [0.25, 0.3) is 0 Å². The molecule has 0 aliphatic carbocycles. The molecular weight excluding hydrogens is 205 g/mol. The Morgan fingerprint density at radius 1 is 1.25 bits per heavy atom. The highest BCUT2D eigenvalue weighted by atomic mass is 19.1. The van der Waals surface area contributed by atoms with Gasteiger partial charge < -0.3 is 5.73 Å². The molecule has 2 rings (SSSR count). The average Bonchev–Trinajstić information content (AvgIpc) is 2.29. The molecule has 1 heterocycles. The minimum absolute atomic E-state index is 0.295. The number of hydrogen-bond acceptors (Lipinski definition) is 3. The number of aryl methyl sites for hydroxylation is 1. The first-order valence-electron chi connectivity index (χ1n) is 4.95. The largest absolute Gasteiger partial charge is 0.320 e. The zero-order chi connectivity index (χ0) is 11.5. The Morgan fingerprint density at radius 2 is 1.94 bits per heavy atom. The molecule has 3 nitrogen and oxygen atoms in total. The van der Waals surface area contributed by atoms with Gasteiger partial charge in [-0.1, -0.05) is 12.1 Å². The fraction of sp³-hybridized carbons (Fsp3) is 0.167. The topological polar surface area (TPSA) is 51.8 Å². The van der Waals surface area contributed by atoms with Gasteiger partial charge in [-0.3, -0.25) is 0 Å². The summed E-state index contributed by atoms with van der Waals surface area (Å²) in [5.74, 6) is -0.295. The van der Waals surface area contributed by atoms with Crippen LogP contribution in [0, 0.1) is 12.7 Å². The first kappa shape index (κ1) is 10.7.